The van der Waals surface area contributed by atoms with Crippen molar-refractivity contribution in [3.63, 3.8) is 0 Å². The van der Waals surface area contributed by atoms with E-state index in [0.29, 0.717) is 6.42 Å². The van der Waals surface area contributed by atoms with Gasteiger partial charge in [-0.1, -0.05) is 18.2 Å². The summed E-state index contributed by atoms with van der Waals surface area (Å²) in [6.45, 7) is 9.51. The smallest absolute Gasteiger partial charge is 0.224 e. The van der Waals surface area contributed by atoms with E-state index in [1.54, 1.807) is 0 Å². The van der Waals surface area contributed by atoms with Crippen molar-refractivity contribution in [1.82, 2.24) is 10.2 Å². The van der Waals surface area contributed by atoms with E-state index in [2.05, 4.69) is 48.3 Å². The van der Waals surface area contributed by atoms with Crippen molar-refractivity contribution in [3.05, 3.63) is 29.8 Å². The first-order valence-electron chi connectivity index (χ1n) is 7.51. The average molecular weight is 275 g/mol. The van der Waals surface area contributed by atoms with Crippen molar-refractivity contribution >= 4 is 11.6 Å². The highest BCUT2D eigenvalue weighted by molar-refractivity contribution is 5.77. The number of amides is 1. The fraction of sp³-hybridized carbons (Fsp3) is 0.562. The third-order valence-electron chi connectivity index (χ3n) is 3.90. The van der Waals surface area contributed by atoms with E-state index in [0.717, 1.165) is 39.3 Å². The Kier molecular flexibility index (Phi) is 5.41. The van der Waals surface area contributed by atoms with Crippen LogP contribution in [0.15, 0.2) is 24.3 Å². The fourth-order valence-corrected chi connectivity index (χ4v) is 2.67. The number of piperazine rings is 1. The molecule has 1 heterocycles. The highest BCUT2D eigenvalue weighted by Crippen LogP contribution is 2.19. The molecule has 1 saturated heterocycles. The molecular weight excluding hydrogens is 250 g/mol. The maximum atomic E-state index is 12.2. The predicted molar refractivity (Wildman–Crippen MR) is 83.1 cm³/mol. The number of aryl methyl sites for hydroxylation is 1. The molecule has 1 N–H and O–H groups in total. The molecule has 110 valence electrons. The van der Waals surface area contributed by atoms with Crippen LogP contribution in [0, 0.1) is 6.92 Å². The highest BCUT2D eigenvalue weighted by Gasteiger charge is 2.17. The number of para-hydroxylation sites is 1. The minimum atomic E-state index is 0.276. The van der Waals surface area contributed by atoms with Gasteiger partial charge in [-0.2, -0.15) is 0 Å². The van der Waals surface area contributed by atoms with Crippen molar-refractivity contribution < 1.29 is 4.79 Å². The summed E-state index contributed by atoms with van der Waals surface area (Å²) in [6, 6.07) is 8.37. The molecule has 0 aromatic heterocycles. The van der Waals surface area contributed by atoms with E-state index in [4.69, 9.17) is 0 Å². The van der Waals surface area contributed by atoms with E-state index < -0.39 is 0 Å². The third-order valence-corrected chi connectivity index (χ3v) is 3.90. The van der Waals surface area contributed by atoms with Gasteiger partial charge in [-0.15, -0.1) is 0 Å². The molecule has 0 spiro atoms. The second kappa shape index (κ2) is 7.29. The molecule has 1 aliphatic rings. The van der Waals surface area contributed by atoms with Gasteiger partial charge in [0.15, 0.2) is 0 Å². The van der Waals surface area contributed by atoms with Crippen LogP contribution in [0.3, 0.4) is 0 Å². The van der Waals surface area contributed by atoms with Gasteiger partial charge in [0.2, 0.25) is 5.91 Å². The molecule has 1 fully saturated rings. The number of carbonyl (C=O) groups excluding carboxylic acids is 1. The number of hydrogen-bond acceptors (Lipinski definition) is 3. The maximum absolute atomic E-state index is 12.2. The molecule has 0 aliphatic carbocycles. The van der Waals surface area contributed by atoms with Gasteiger partial charge in [0.25, 0.3) is 0 Å². The van der Waals surface area contributed by atoms with Crippen LogP contribution in [0.2, 0.25) is 0 Å². The first-order chi connectivity index (χ1) is 9.72. The summed E-state index contributed by atoms with van der Waals surface area (Å²) in [5.41, 5.74) is 2.51. The molecule has 0 atom stereocenters. The number of benzene rings is 1. The summed E-state index contributed by atoms with van der Waals surface area (Å²) in [6.07, 6.45) is 0.599. The van der Waals surface area contributed by atoms with Gasteiger partial charge in [-0.05, 0) is 25.5 Å². The van der Waals surface area contributed by atoms with Gasteiger partial charge in [-0.3, -0.25) is 4.79 Å². The third kappa shape index (κ3) is 3.73. The second-order valence-corrected chi connectivity index (χ2v) is 5.25. The normalized spacial score (nSPS) is 15.2. The molecule has 1 amide bonds. The van der Waals surface area contributed by atoms with Crippen LogP contribution < -0.4 is 10.2 Å². The largest absolute Gasteiger partial charge is 0.371 e. The Balaban J connectivity index is 1.90. The lowest BCUT2D eigenvalue weighted by Gasteiger charge is -2.29. The summed E-state index contributed by atoms with van der Waals surface area (Å²) in [5.74, 6) is 0.276. The number of hydrogen-bond donors (Lipinski definition) is 1. The molecule has 4 heteroatoms. The molecule has 0 unspecified atom stereocenters. The molecule has 20 heavy (non-hydrogen) atoms. The number of nitrogens with zero attached hydrogens (tertiary/aromatic N) is 2. The molecule has 0 radical (unpaired) electrons. The fourth-order valence-electron chi connectivity index (χ4n) is 2.67. The first-order valence-corrected chi connectivity index (χ1v) is 7.51. The molecular formula is C16H25N3O. The lowest BCUT2D eigenvalue weighted by molar-refractivity contribution is -0.131. The van der Waals surface area contributed by atoms with Crippen molar-refractivity contribution in [3.8, 4) is 0 Å². The van der Waals surface area contributed by atoms with Crippen LogP contribution in [0.1, 0.15) is 18.9 Å². The van der Waals surface area contributed by atoms with E-state index in [1.165, 1.54) is 11.3 Å². The lowest BCUT2D eigenvalue weighted by Crippen LogP contribution is -2.47. The van der Waals surface area contributed by atoms with Crippen LogP contribution in [0.25, 0.3) is 0 Å². The Labute approximate surface area is 121 Å². The molecule has 2 rings (SSSR count). The zero-order valence-electron chi connectivity index (χ0n) is 12.6. The van der Waals surface area contributed by atoms with Gasteiger partial charge >= 0.3 is 0 Å². The summed E-state index contributed by atoms with van der Waals surface area (Å²) in [4.78, 5) is 16.5. The lowest BCUT2D eigenvalue weighted by atomic mass is 10.1. The minimum Gasteiger partial charge on any atom is -0.371 e. The Morgan fingerprint density at radius 1 is 1.30 bits per heavy atom. The SMILES string of the molecule is CCN(CCC(=O)N1CCNCC1)c1ccccc1C. The molecule has 1 aromatic carbocycles. The predicted octanol–water partition coefficient (Wildman–Crippen LogP) is 1.64. The van der Waals surface area contributed by atoms with Crippen LogP contribution in [-0.4, -0.2) is 50.1 Å². The monoisotopic (exact) mass is 275 g/mol. The molecule has 0 saturated carbocycles. The quantitative estimate of drug-likeness (QED) is 0.887. The molecule has 1 aromatic rings. The van der Waals surface area contributed by atoms with E-state index in [9.17, 15) is 4.79 Å². The summed E-state index contributed by atoms with van der Waals surface area (Å²) >= 11 is 0. The van der Waals surface area contributed by atoms with Crippen LogP contribution >= 0.6 is 0 Å². The number of carbonyl (C=O) groups is 1. The zero-order chi connectivity index (χ0) is 14.4. The van der Waals surface area contributed by atoms with E-state index in [-0.39, 0.29) is 5.91 Å². The second-order valence-electron chi connectivity index (χ2n) is 5.25. The maximum Gasteiger partial charge on any atom is 0.224 e. The highest BCUT2D eigenvalue weighted by atomic mass is 16.2. The Hall–Kier alpha value is -1.55. The Bertz CT molecular complexity index is 441. The van der Waals surface area contributed by atoms with Crippen molar-refractivity contribution in [2.24, 2.45) is 0 Å². The summed E-state index contributed by atoms with van der Waals surface area (Å²) < 4.78 is 0. The van der Waals surface area contributed by atoms with Crippen molar-refractivity contribution in [1.29, 1.82) is 0 Å². The standard InChI is InChI=1S/C16H25N3O/c1-3-18(15-7-5-4-6-14(15)2)11-8-16(20)19-12-9-17-10-13-19/h4-7,17H,3,8-13H2,1-2H3. The van der Waals surface area contributed by atoms with Crippen LogP contribution in [-0.2, 0) is 4.79 Å². The topological polar surface area (TPSA) is 35.6 Å². The molecule has 1 aliphatic heterocycles. The van der Waals surface area contributed by atoms with E-state index in [1.807, 2.05) is 4.90 Å². The van der Waals surface area contributed by atoms with Crippen LogP contribution in [0.5, 0.6) is 0 Å². The van der Waals surface area contributed by atoms with Crippen LogP contribution in [0.4, 0.5) is 5.69 Å². The van der Waals surface area contributed by atoms with Gasteiger partial charge in [0.1, 0.15) is 0 Å². The first kappa shape index (κ1) is 14.9. The number of nitrogens with one attached hydrogen (secondary N) is 1. The van der Waals surface area contributed by atoms with Gasteiger partial charge < -0.3 is 15.1 Å². The van der Waals surface area contributed by atoms with E-state index >= 15 is 0 Å². The van der Waals surface area contributed by atoms with Crippen molar-refractivity contribution in [2.75, 3.05) is 44.2 Å². The zero-order valence-corrected chi connectivity index (χ0v) is 12.6. The average Bonchev–Trinajstić information content (AvgIpc) is 2.50. The van der Waals surface area contributed by atoms with Gasteiger partial charge in [0.05, 0.1) is 0 Å². The number of anilines is 1. The molecule has 4 nitrogen and oxygen atoms in total. The molecule has 0 bridgehead atoms. The Morgan fingerprint density at radius 3 is 2.65 bits per heavy atom. The summed E-state index contributed by atoms with van der Waals surface area (Å²) in [5, 5.41) is 3.27. The van der Waals surface area contributed by atoms with Gasteiger partial charge in [0, 0.05) is 51.4 Å². The summed E-state index contributed by atoms with van der Waals surface area (Å²) in [7, 11) is 0. The van der Waals surface area contributed by atoms with Gasteiger partial charge in [-0.25, -0.2) is 0 Å². The van der Waals surface area contributed by atoms with Crippen molar-refractivity contribution in [2.45, 2.75) is 20.3 Å². The number of rotatable bonds is 5. The minimum absolute atomic E-state index is 0.276. The Morgan fingerprint density at radius 2 is 2.00 bits per heavy atom.